The normalized spacial score (nSPS) is 10.4. The molecule has 10 heteroatoms. The Morgan fingerprint density at radius 1 is 0.675 bits per heavy atom. The number of amides is 2. The van der Waals surface area contributed by atoms with Crippen molar-refractivity contribution in [2.45, 2.75) is 6.92 Å². The number of ether oxygens (including phenoxy) is 1. The summed E-state index contributed by atoms with van der Waals surface area (Å²) in [6.07, 6.45) is 0. The molecule has 7 nitrogen and oxygen atoms in total. The van der Waals surface area contributed by atoms with Crippen LogP contribution in [-0.2, 0) is 14.3 Å². The summed E-state index contributed by atoms with van der Waals surface area (Å²) in [6, 6.07) is 21.4. The Labute approximate surface area is 251 Å². The number of carboxylic acids is 1. The number of anilines is 2. The molecule has 4 rings (SSSR count). The van der Waals surface area contributed by atoms with E-state index in [-0.39, 0.29) is 46.6 Å². The van der Waals surface area contributed by atoms with Crippen molar-refractivity contribution < 1.29 is 33.0 Å². The first-order valence-electron chi connectivity index (χ1n) is 11.9. The molecule has 0 radical (unpaired) electrons. The Balaban J connectivity index is 0.00000441. The summed E-state index contributed by atoms with van der Waals surface area (Å²) < 4.78 is 31.6. The van der Waals surface area contributed by atoms with Gasteiger partial charge in [-0.2, -0.15) is 0 Å². The SMILES string of the molecule is Cc1ccc(-c2ccc(F)cc2)cc1NC(=O)COCC(=O)Nc1ccc(-c2ccc(F)cc2)cc1C(=O)O.[NaH]. The molecule has 3 N–H and O–H groups in total. The number of hydrogen-bond acceptors (Lipinski definition) is 4. The van der Waals surface area contributed by atoms with Crippen molar-refractivity contribution in [2.75, 3.05) is 23.8 Å². The van der Waals surface area contributed by atoms with E-state index in [1.807, 2.05) is 19.1 Å². The van der Waals surface area contributed by atoms with Crippen LogP contribution in [0.25, 0.3) is 22.3 Å². The molecule has 0 aliphatic carbocycles. The number of nitrogens with one attached hydrogen (secondary N) is 2. The molecule has 4 aromatic carbocycles. The third kappa shape index (κ3) is 8.06. The number of rotatable bonds is 9. The first kappa shape index (κ1) is 30.6. The van der Waals surface area contributed by atoms with Gasteiger partial charge in [0.1, 0.15) is 24.8 Å². The molecule has 4 aromatic rings. The van der Waals surface area contributed by atoms with E-state index in [4.69, 9.17) is 4.74 Å². The van der Waals surface area contributed by atoms with Gasteiger partial charge in [0.05, 0.1) is 11.3 Å². The number of halogens is 2. The summed E-state index contributed by atoms with van der Waals surface area (Å²) in [5.74, 6) is -3.15. The molecule has 0 unspecified atom stereocenters. The Morgan fingerprint density at radius 3 is 1.65 bits per heavy atom. The van der Waals surface area contributed by atoms with Crippen LogP contribution in [0, 0.1) is 18.6 Å². The molecular weight excluding hydrogens is 529 g/mol. The summed E-state index contributed by atoms with van der Waals surface area (Å²) in [5.41, 5.74) is 3.97. The Morgan fingerprint density at radius 2 is 1.12 bits per heavy atom. The van der Waals surface area contributed by atoms with Crippen LogP contribution in [0.4, 0.5) is 20.2 Å². The fourth-order valence-electron chi connectivity index (χ4n) is 3.84. The predicted molar refractivity (Wildman–Crippen MR) is 151 cm³/mol. The number of benzene rings is 4. The molecule has 0 atom stereocenters. The summed E-state index contributed by atoms with van der Waals surface area (Å²) in [5, 5.41) is 14.8. The number of carbonyl (C=O) groups excluding carboxylic acids is 2. The quantitative estimate of drug-likeness (QED) is 0.245. The van der Waals surface area contributed by atoms with E-state index in [0.717, 1.165) is 16.7 Å². The first-order valence-corrected chi connectivity index (χ1v) is 11.9. The van der Waals surface area contributed by atoms with Crippen LogP contribution in [0.1, 0.15) is 15.9 Å². The minimum atomic E-state index is -1.26. The van der Waals surface area contributed by atoms with Gasteiger partial charge in [-0.05, 0) is 77.2 Å². The van der Waals surface area contributed by atoms with Crippen molar-refractivity contribution in [1.82, 2.24) is 0 Å². The Bertz CT molecular complexity index is 1530. The number of aryl methyl sites for hydroxylation is 1. The molecule has 0 saturated carbocycles. The van der Waals surface area contributed by atoms with E-state index in [1.54, 1.807) is 24.3 Å². The third-order valence-corrected chi connectivity index (χ3v) is 5.86. The van der Waals surface area contributed by atoms with Crippen molar-refractivity contribution in [3.05, 3.63) is 108 Å². The molecular formula is C30H25F2N2NaO5. The Kier molecular flexibility index (Phi) is 10.7. The van der Waals surface area contributed by atoms with Gasteiger partial charge in [0.25, 0.3) is 0 Å². The van der Waals surface area contributed by atoms with Crippen LogP contribution in [0.2, 0.25) is 0 Å². The van der Waals surface area contributed by atoms with Crippen LogP contribution < -0.4 is 10.6 Å². The summed E-state index contributed by atoms with van der Waals surface area (Å²) >= 11 is 0. The second kappa shape index (κ2) is 14.0. The van der Waals surface area contributed by atoms with Crippen molar-refractivity contribution in [3.8, 4) is 22.3 Å². The zero-order chi connectivity index (χ0) is 27.9. The number of carboxylic acid groups (broad SMARTS) is 1. The van der Waals surface area contributed by atoms with E-state index in [9.17, 15) is 28.3 Å². The molecule has 2 amide bonds. The average Bonchev–Trinajstić information content (AvgIpc) is 2.91. The molecule has 0 fully saturated rings. The van der Waals surface area contributed by atoms with Crippen molar-refractivity contribution in [2.24, 2.45) is 0 Å². The van der Waals surface area contributed by atoms with Crippen LogP contribution >= 0.6 is 0 Å². The molecule has 40 heavy (non-hydrogen) atoms. The third-order valence-electron chi connectivity index (χ3n) is 5.86. The van der Waals surface area contributed by atoms with Crippen LogP contribution in [0.5, 0.6) is 0 Å². The van der Waals surface area contributed by atoms with Crippen LogP contribution in [0.15, 0.2) is 84.9 Å². The summed E-state index contributed by atoms with van der Waals surface area (Å²) in [4.78, 5) is 36.5. The topological polar surface area (TPSA) is 105 Å². The van der Waals surface area contributed by atoms with Gasteiger partial charge in [-0.1, -0.05) is 42.5 Å². The molecule has 0 saturated heterocycles. The maximum absolute atomic E-state index is 13.2. The number of aromatic carboxylic acids is 1. The van der Waals surface area contributed by atoms with Gasteiger partial charge in [-0.15, -0.1) is 0 Å². The second-order valence-corrected chi connectivity index (χ2v) is 8.70. The fraction of sp³-hybridized carbons (Fsp3) is 0.100. The van der Waals surface area contributed by atoms with E-state index in [1.165, 1.54) is 48.5 Å². The molecule has 0 bridgehead atoms. The van der Waals surface area contributed by atoms with Gasteiger partial charge in [-0.25, -0.2) is 13.6 Å². The standard InChI is InChI=1S/C30H24F2N2O5.Na.H/c1-18-2-3-22(20-6-11-24(32)12-7-20)15-27(18)34-29(36)17-39-16-28(35)33-26-13-8-21(14-25(26)30(37)38)19-4-9-23(31)10-5-19;;/h2-15H,16-17H2,1H3,(H,33,35)(H,34,36)(H,37,38);;. The van der Waals surface area contributed by atoms with Gasteiger partial charge in [0, 0.05) is 5.69 Å². The number of hydrogen-bond donors (Lipinski definition) is 3. The zero-order valence-corrected chi connectivity index (χ0v) is 20.8. The maximum atomic E-state index is 13.2. The van der Waals surface area contributed by atoms with Crippen LogP contribution in [-0.4, -0.2) is 65.7 Å². The molecule has 0 aliphatic heterocycles. The fourth-order valence-corrected chi connectivity index (χ4v) is 3.84. The van der Waals surface area contributed by atoms with Crippen molar-refractivity contribution in [1.29, 1.82) is 0 Å². The van der Waals surface area contributed by atoms with Crippen molar-refractivity contribution >= 4 is 58.7 Å². The molecule has 0 spiro atoms. The van der Waals surface area contributed by atoms with E-state index in [2.05, 4.69) is 10.6 Å². The predicted octanol–water partition coefficient (Wildman–Crippen LogP) is 5.25. The number of carbonyl (C=O) groups is 3. The van der Waals surface area contributed by atoms with Gasteiger partial charge in [-0.3, -0.25) is 9.59 Å². The molecule has 200 valence electrons. The van der Waals surface area contributed by atoms with Gasteiger partial charge < -0.3 is 20.5 Å². The Hall–Kier alpha value is -3.89. The van der Waals surface area contributed by atoms with Crippen molar-refractivity contribution in [3.63, 3.8) is 0 Å². The first-order chi connectivity index (χ1) is 18.7. The van der Waals surface area contributed by atoms with Gasteiger partial charge in [0.2, 0.25) is 11.8 Å². The molecule has 0 aromatic heterocycles. The zero-order valence-electron chi connectivity index (χ0n) is 20.8. The monoisotopic (exact) mass is 554 g/mol. The minimum absolute atomic E-state index is 0. The average molecular weight is 555 g/mol. The van der Waals surface area contributed by atoms with E-state index < -0.39 is 36.8 Å². The van der Waals surface area contributed by atoms with E-state index in [0.29, 0.717) is 16.8 Å². The van der Waals surface area contributed by atoms with Gasteiger partial charge >= 0.3 is 35.5 Å². The summed E-state index contributed by atoms with van der Waals surface area (Å²) in [7, 11) is 0. The second-order valence-electron chi connectivity index (χ2n) is 8.70. The summed E-state index contributed by atoms with van der Waals surface area (Å²) in [6.45, 7) is 0.920. The van der Waals surface area contributed by atoms with E-state index >= 15 is 0 Å². The molecule has 0 heterocycles. The molecule has 0 aliphatic rings. The van der Waals surface area contributed by atoms with Crippen LogP contribution in [0.3, 0.4) is 0 Å². The van der Waals surface area contributed by atoms with Gasteiger partial charge in [0.15, 0.2) is 0 Å².